The number of amides is 2. The lowest BCUT2D eigenvalue weighted by atomic mass is 9.90. The first-order chi connectivity index (χ1) is 14.4. The number of hydrogen-bond acceptors (Lipinski definition) is 5. The summed E-state index contributed by atoms with van der Waals surface area (Å²) < 4.78 is 10.9. The van der Waals surface area contributed by atoms with Gasteiger partial charge in [0, 0.05) is 29.1 Å². The third-order valence-electron chi connectivity index (χ3n) is 5.87. The average molecular weight is 446 g/mol. The van der Waals surface area contributed by atoms with E-state index in [0.29, 0.717) is 10.5 Å². The molecule has 0 fully saturated rings. The number of nitrogens with one attached hydrogen (secondary N) is 1. The number of hydrogen-bond donors (Lipinski definition) is 4. The first-order valence-electron chi connectivity index (χ1n) is 10.4. The van der Waals surface area contributed by atoms with E-state index in [9.17, 15) is 14.1 Å². The number of anilines is 1. The fourth-order valence-corrected chi connectivity index (χ4v) is 4.53. The summed E-state index contributed by atoms with van der Waals surface area (Å²) in [5.74, 6) is 0. The van der Waals surface area contributed by atoms with Crippen molar-refractivity contribution in [3.8, 4) is 0 Å². The van der Waals surface area contributed by atoms with E-state index in [4.69, 9.17) is 15.9 Å². The van der Waals surface area contributed by atoms with Crippen LogP contribution in [0.25, 0.3) is 0 Å². The Bertz CT molecular complexity index is 1030. The molecule has 0 spiro atoms. The number of nitrogens with two attached hydrogens (primary N) is 2. The zero-order chi connectivity index (χ0) is 23.0. The Morgan fingerprint density at radius 3 is 2.55 bits per heavy atom. The van der Waals surface area contributed by atoms with Gasteiger partial charge in [-0.1, -0.05) is 13.8 Å². The van der Waals surface area contributed by atoms with Crippen LogP contribution in [0.2, 0.25) is 0 Å². The molecule has 2 aromatic heterocycles. The molecule has 2 aliphatic rings. The zero-order valence-electron chi connectivity index (χ0n) is 18.5. The van der Waals surface area contributed by atoms with Gasteiger partial charge >= 0.3 is 6.03 Å². The maximum atomic E-state index is 11.2. The van der Waals surface area contributed by atoms with Gasteiger partial charge in [-0.2, -0.15) is 0 Å². The van der Waals surface area contributed by atoms with Gasteiger partial charge in [0.2, 0.25) is 0 Å². The van der Waals surface area contributed by atoms with E-state index < -0.39 is 22.6 Å². The summed E-state index contributed by atoms with van der Waals surface area (Å²) >= 11 is 0. The van der Waals surface area contributed by atoms with Crippen molar-refractivity contribution in [1.29, 1.82) is 0 Å². The molecule has 9 heteroatoms. The first kappa shape index (κ1) is 23.3. The Morgan fingerprint density at radius 2 is 1.94 bits per heavy atom. The van der Waals surface area contributed by atoms with Gasteiger partial charge in [-0.05, 0) is 63.1 Å². The normalized spacial score (nSPS) is 17.2. The number of pyridine rings is 2. The molecule has 1 unspecified atom stereocenters. The van der Waals surface area contributed by atoms with Crippen LogP contribution in [0, 0.1) is 0 Å². The Hall–Kier alpha value is -2.36. The van der Waals surface area contributed by atoms with Crippen molar-refractivity contribution in [3.63, 3.8) is 0 Å². The van der Waals surface area contributed by atoms with Gasteiger partial charge in [-0.15, -0.1) is 0 Å². The summed E-state index contributed by atoms with van der Waals surface area (Å²) in [7, 11) is -1.55. The predicted octanol–water partition coefficient (Wildman–Crippen LogP) is 2.58. The molecule has 0 bridgehead atoms. The van der Waals surface area contributed by atoms with Crippen LogP contribution < -0.4 is 16.2 Å². The minimum Gasteiger partial charge on any atom is -0.386 e. The van der Waals surface area contributed by atoms with Crippen LogP contribution >= 0.6 is 0 Å². The van der Waals surface area contributed by atoms with Crippen LogP contribution in [0.5, 0.6) is 0 Å². The Morgan fingerprint density at radius 1 is 1.23 bits per heavy atom. The number of nitrogens with zero attached hydrogens (tertiary/aromatic N) is 2. The second-order valence-corrected chi connectivity index (χ2v) is 10.3. The molecule has 1 atom stereocenters. The van der Waals surface area contributed by atoms with Gasteiger partial charge in [0.25, 0.3) is 0 Å². The molecule has 2 heterocycles. The molecule has 0 saturated carbocycles. The topological polar surface area (TPSA) is 144 Å². The highest BCUT2D eigenvalue weighted by Crippen LogP contribution is 2.44. The molecule has 0 aromatic carbocycles. The summed E-state index contributed by atoms with van der Waals surface area (Å²) in [6.45, 7) is 7.71. The molecule has 0 radical (unpaired) electrons. The molecular formula is C22H31N5O3S. The van der Waals surface area contributed by atoms with Crippen molar-refractivity contribution in [3.05, 3.63) is 46.5 Å². The standard InChI is InChI=1S/C14H19N3O.C8H12N2O2S/c1-14(2)7-6-9-11(17-13(15)18)8-4-3-5-10(8)16-12(9)14;1-8(2,11)6-3-7(13(9)12)5-10-4-6/h3-7H2,1-2H3,(H3,15,16,17,18);3-5,11H,9H2,1-2H3. The van der Waals surface area contributed by atoms with Crippen molar-refractivity contribution in [2.45, 2.75) is 75.7 Å². The molecular weight excluding hydrogens is 414 g/mol. The number of carbonyl (C=O) groups is 1. The minimum atomic E-state index is -1.55. The van der Waals surface area contributed by atoms with Crippen molar-refractivity contribution in [2.24, 2.45) is 10.9 Å². The molecule has 2 amide bonds. The Labute approximate surface area is 185 Å². The van der Waals surface area contributed by atoms with E-state index in [1.807, 2.05) is 0 Å². The van der Waals surface area contributed by atoms with E-state index in [1.54, 1.807) is 19.9 Å². The van der Waals surface area contributed by atoms with Gasteiger partial charge in [0.15, 0.2) is 0 Å². The summed E-state index contributed by atoms with van der Waals surface area (Å²) in [6, 6.07) is 1.12. The van der Waals surface area contributed by atoms with Crippen LogP contribution in [0.3, 0.4) is 0 Å². The maximum Gasteiger partial charge on any atom is 0.316 e. The fraction of sp³-hybridized carbons (Fsp3) is 0.500. The number of fused-ring (bicyclic) bond motifs is 2. The van der Waals surface area contributed by atoms with Crippen LogP contribution in [0.1, 0.15) is 68.6 Å². The summed E-state index contributed by atoms with van der Waals surface area (Å²) in [4.78, 5) is 20.3. The number of aryl methyl sites for hydroxylation is 1. The zero-order valence-corrected chi connectivity index (χ0v) is 19.3. The van der Waals surface area contributed by atoms with Gasteiger partial charge in [0.05, 0.1) is 21.9 Å². The molecule has 2 aliphatic carbocycles. The number of aromatic nitrogens is 2. The summed E-state index contributed by atoms with van der Waals surface area (Å²) in [6.07, 6.45) is 8.17. The monoisotopic (exact) mass is 445 g/mol. The second-order valence-electron chi connectivity index (χ2n) is 9.23. The Kier molecular flexibility index (Phi) is 6.50. The van der Waals surface area contributed by atoms with Gasteiger partial charge in [-0.25, -0.2) is 14.1 Å². The van der Waals surface area contributed by atoms with E-state index in [2.05, 4.69) is 24.1 Å². The maximum absolute atomic E-state index is 11.2. The highest BCUT2D eigenvalue weighted by Gasteiger charge is 2.36. The lowest BCUT2D eigenvalue weighted by Crippen LogP contribution is -2.22. The Balaban J connectivity index is 0.000000187. The van der Waals surface area contributed by atoms with E-state index in [-0.39, 0.29) is 5.41 Å². The average Bonchev–Trinajstić information content (AvgIpc) is 3.26. The molecule has 31 heavy (non-hydrogen) atoms. The second kappa shape index (κ2) is 8.64. The SMILES string of the molecule is CC(C)(O)c1cncc(S(N)=O)c1.CC1(C)CCc2c1nc1c(c2NC(N)=O)CCC1. The lowest BCUT2D eigenvalue weighted by molar-refractivity contribution is 0.0780. The van der Waals surface area contributed by atoms with Crippen molar-refractivity contribution < 1.29 is 14.1 Å². The van der Waals surface area contributed by atoms with Crippen molar-refractivity contribution >= 4 is 22.7 Å². The highest BCUT2D eigenvalue weighted by molar-refractivity contribution is 7.82. The number of rotatable bonds is 3. The summed E-state index contributed by atoms with van der Waals surface area (Å²) in [5, 5.41) is 17.6. The molecule has 6 N–H and O–H groups in total. The number of aliphatic hydroxyl groups is 1. The number of urea groups is 1. The van der Waals surface area contributed by atoms with Crippen LogP contribution in [0.15, 0.2) is 23.4 Å². The molecule has 0 aliphatic heterocycles. The molecule has 0 saturated heterocycles. The first-order valence-corrected chi connectivity index (χ1v) is 11.6. The van der Waals surface area contributed by atoms with Crippen molar-refractivity contribution in [2.75, 3.05) is 5.32 Å². The molecule has 4 rings (SSSR count). The highest BCUT2D eigenvalue weighted by atomic mass is 32.2. The molecule has 168 valence electrons. The van der Waals surface area contributed by atoms with Crippen molar-refractivity contribution in [1.82, 2.24) is 9.97 Å². The smallest absolute Gasteiger partial charge is 0.316 e. The third-order valence-corrected chi connectivity index (χ3v) is 6.55. The summed E-state index contributed by atoms with van der Waals surface area (Å²) in [5.41, 5.74) is 10.7. The minimum absolute atomic E-state index is 0.112. The van der Waals surface area contributed by atoms with Gasteiger partial charge in [-0.3, -0.25) is 9.97 Å². The van der Waals surface area contributed by atoms with E-state index in [1.165, 1.54) is 23.5 Å². The quantitative estimate of drug-likeness (QED) is 0.574. The van der Waals surface area contributed by atoms with Crippen LogP contribution in [-0.2, 0) is 41.3 Å². The molecule has 8 nitrogen and oxygen atoms in total. The van der Waals surface area contributed by atoms with E-state index >= 15 is 0 Å². The third kappa shape index (κ3) is 5.11. The lowest BCUT2D eigenvalue weighted by Gasteiger charge is -2.20. The number of primary amides is 1. The number of carbonyl (C=O) groups excluding carboxylic acids is 1. The van der Waals surface area contributed by atoms with Gasteiger partial charge in [0.1, 0.15) is 11.0 Å². The fourth-order valence-electron chi connectivity index (χ4n) is 4.12. The molecule has 2 aromatic rings. The predicted molar refractivity (Wildman–Crippen MR) is 121 cm³/mol. The van der Waals surface area contributed by atoms with E-state index in [0.717, 1.165) is 49.2 Å². The largest absolute Gasteiger partial charge is 0.386 e. The van der Waals surface area contributed by atoms with Crippen LogP contribution in [-0.4, -0.2) is 25.3 Å². The van der Waals surface area contributed by atoms with Gasteiger partial charge < -0.3 is 16.2 Å². The van der Waals surface area contributed by atoms with Crippen LogP contribution in [0.4, 0.5) is 10.5 Å².